The van der Waals surface area contributed by atoms with Crippen molar-refractivity contribution in [3.05, 3.63) is 75.3 Å². The molecule has 33 heavy (non-hydrogen) atoms. The third-order valence-electron chi connectivity index (χ3n) is 5.88. The number of ether oxygens (including phenoxy) is 1. The molecule has 0 radical (unpaired) electrons. The van der Waals surface area contributed by atoms with Gasteiger partial charge in [0, 0.05) is 36.3 Å². The number of amides is 1. The van der Waals surface area contributed by atoms with E-state index in [2.05, 4.69) is 4.90 Å². The zero-order valence-electron chi connectivity index (χ0n) is 18.9. The van der Waals surface area contributed by atoms with Gasteiger partial charge in [-0.1, -0.05) is 32.0 Å². The largest absolute Gasteiger partial charge is 0.507 e. The summed E-state index contributed by atoms with van der Waals surface area (Å²) in [6.07, 6.45) is 0. The smallest absolute Gasteiger partial charge is 0.295 e. The third kappa shape index (κ3) is 4.73. The van der Waals surface area contributed by atoms with Gasteiger partial charge in [-0.15, -0.1) is 0 Å². The number of aliphatic hydroxyl groups is 1. The van der Waals surface area contributed by atoms with Crippen LogP contribution in [0.5, 0.6) is 5.75 Å². The van der Waals surface area contributed by atoms with Crippen LogP contribution < -0.4 is 4.74 Å². The highest BCUT2D eigenvalue weighted by Gasteiger charge is 2.46. The van der Waals surface area contributed by atoms with Gasteiger partial charge in [-0.2, -0.15) is 0 Å². The first-order chi connectivity index (χ1) is 15.8. The molecule has 1 aliphatic heterocycles. The Morgan fingerprint density at radius 1 is 1.12 bits per heavy atom. The van der Waals surface area contributed by atoms with Crippen molar-refractivity contribution in [1.82, 2.24) is 9.80 Å². The predicted octanol–water partition coefficient (Wildman–Crippen LogP) is 3.37. The van der Waals surface area contributed by atoms with E-state index in [-0.39, 0.29) is 29.1 Å². The van der Waals surface area contributed by atoms with Crippen LogP contribution in [0, 0.1) is 10.1 Å². The first kappa shape index (κ1) is 23.9. The molecule has 174 valence electrons. The molecular weight excluding hydrogens is 426 g/mol. The fraction of sp³-hybridized carbons (Fsp3) is 0.333. The Labute approximate surface area is 192 Å². The standard InChI is InChI=1S/C24H27N3O6/c1-4-25(5-2)14-15-26-21(18-8-6-7-9-19(18)33-3)20(23(29)24(26)30)22(28)16-10-12-17(13-11-16)27(31)32/h6-13,21,28H,4-5,14-15H2,1-3H3/b22-20+. The number of hydrogen-bond acceptors (Lipinski definition) is 7. The van der Waals surface area contributed by atoms with Crippen molar-refractivity contribution < 1.29 is 24.4 Å². The SMILES string of the molecule is CCN(CC)CCN1C(=O)C(=O)/C(=C(/O)c2ccc([N+](=O)[O-])cc2)C1c1ccccc1OC. The number of carbonyl (C=O) groups excluding carboxylic acids is 2. The van der Waals surface area contributed by atoms with Gasteiger partial charge in [0.2, 0.25) is 0 Å². The van der Waals surface area contributed by atoms with Gasteiger partial charge >= 0.3 is 0 Å². The number of benzene rings is 2. The minimum Gasteiger partial charge on any atom is -0.507 e. The van der Waals surface area contributed by atoms with E-state index in [1.165, 1.54) is 36.3 Å². The number of likely N-dealkylation sites (tertiary alicyclic amines) is 1. The highest BCUT2D eigenvalue weighted by molar-refractivity contribution is 6.46. The molecule has 1 N–H and O–H groups in total. The molecule has 2 aromatic carbocycles. The maximum Gasteiger partial charge on any atom is 0.295 e. The van der Waals surface area contributed by atoms with E-state index in [9.17, 15) is 24.8 Å². The van der Waals surface area contributed by atoms with Gasteiger partial charge in [0.15, 0.2) is 0 Å². The molecule has 0 aliphatic carbocycles. The van der Waals surface area contributed by atoms with Gasteiger partial charge in [-0.3, -0.25) is 19.7 Å². The van der Waals surface area contributed by atoms with Gasteiger partial charge in [0.05, 0.1) is 23.6 Å². The van der Waals surface area contributed by atoms with E-state index >= 15 is 0 Å². The Bertz CT molecular complexity index is 1080. The second-order valence-corrected chi connectivity index (χ2v) is 7.57. The number of non-ortho nitro benzene ring substituents is 1. The number of nitro groups is 1. The maximum atomic E-state index is 13.1. The highest BCUT2D eigenvalue weighted by atomic mass is 16.6. The zero-order valence-corrected chi connectivity index (χ0v) is 18.9. The minimum atomic E-state index is -0.855. The lowest BCUT2D eigenvalue weighted by Gasteiger charge is -2.29. The number of ketones is 1. The van der Waals surface area contributed by atoms with Crippen molar-refractivity contribution in [2.24, 2.45) is 0 Å². The molecule has 0 aromatic heterocycles. The second-order valence-electron chi connectivity index (χ2n) is 7.57. The molecule has 9 nitrogen and oxygen atoms in total. The number of likely N-dealkylation sites (N-methyl/N-ethyl adjacent to an activating group) is 1. The monoisotopic (exact) mass is 453 g/mol. The topological polar surface area (TPSA) is 113 Å². The van der Waals surface area contributed by atoms with E-state index < -0.39 is 22.7 Å². The molecule has 0 spiro atoms. The van der Waals surface area contributed by atoms with Crippen LogP contribution in [0.25, 0.3) is 5.76 Å². The Kier molecular flexibility index (Phi) is 7.44. The number of hydrogen-bond donors (Lipinski definition) is 1. The lowest BCUT2D eigenvalue weighted by molar-refractivity contribution is -0.384. The van der Waals surface area contributed by atoms with Crippen molar-refractivity contribution in [1.29, 1.82) is 0 Å². The number of para-hydroxylation sites is 1. The lowest BCUT2D eigenvalue weighted by atomic mass is 9.94. The number of nitrogens with zero attached hydrogens (tertiary/aromatic N) is 3. The normalized spacial score (nSPS) is 17.6. The number of nitro benzene ring substituents is 1. The second kappa shape index (κ2) is 10.3. The van der Waals surface area contributed by atoms with Crippen LogP contribution in [0.1, 0.15) is 31.0 Å². The Morgan fingerprint density at radius 2 is 1.76 bits per heavy atom. The summed E-state index contributed by atoms with van der Waals surface area (Å²) in [5.74, 6) is -1.42. The molecule has 9 heteroatoms. The molecule has 0 saturated carbocycles. The van der Waals surface area contributed by atoms with E-state index in [0.717, 1.165) is 13.1 Å². The third-order valence-corrected chi connectivity index (χ3v) is 5.88. The van der Waals surface area contributed by atoms with Gasteiger partial charge in [-0.25, -0.2) is 0 Å². The average molecular weight is 453 g/mol. The van der Waals surface area contributed by atoms with Crippen LogP contribution in [0.3, 0.4) is 0 Å². The minimum absolute atomic E-state index is 0.0714. The summed E-state index contributed by atoms with van der Waals surface area (Å²) in [4.78, 5) is 40.2. The molecule has 1 aliphatic rings. The van der Waals surface area contributed by atoms with Crippen LogP contribution in [0.4, 0.5) is 5.69 Å². The zero-order chi connectivity index (χ0) is 24.1. The van der Waals surface area contributed by atoms with Crippen LogP contribution in [0.15, 0.2) is 54.1 Å². The van der Waals surface area contributed by atoms with E-state index in [1.807, 2.05) is 13.8 Å². The summed E-state index contributed by atoms with van der Waals surface area (Å²) in [6, 6.07) is 11.4. The molecular formula is C24H27N3O6. The molecule has 1 heterocycles. The predicted molar refractivity (Wildman–Crippen MR) is 123 cm³/mol. The van der Waals surface area contributed by atoms with Gasteiger partial charge in [0.25, 0.3) is 17.4 Å². The van der Waals surface area contributed by atoms with Crippen LogP contribution >= 0.6 is 0 Å². The Hall–Kier alpha value is -3.72. The number of carbonyl (C=O) groups is 2. The van der Waals surface area contributed by atoms with E-state index in [4.69, 9.17) is 4.74 Å². The summed E-state index contributed by atoms with van der Waals surface area (Å²) in [5.41, 5.74) is 0.565. The summed E-state index contributed by atoms with van der Waals surface area (Å²) >= 11 is 0. The maximum absolute atomic E-state index is 13.1. The molecule has 1 atom stereocenters. The van der Waals surface area contributed by atoms with Crippen LogP contribution in [0.2, 0.25) is 0 Å². The van der Waals surface area contributed by atoms with Crippen molar-refractivity contribution in [2.45, 2.75) is 19.9 Å². The average Bonchev–Trinajstić information content (AvgIpc) is 3.09. The first-order valence-electron chi connectivity index (χ1n) is 10.7. The summed E-state index contributed by atoms with van der Waals surface area (Å²) in [7, 11) is 1.50. The molecule has 1 amide bonds. The molecule has 1 unspecified atom stereocenters. The number of rotatable bonds is 9. The Balaban J connectivity index is 2.13. The number of Topliss-reactive ketones (excluding diaryl/α,β-unsaturated/α-hetero) is 1. The molecule has 3 rings (SSSR count). The molecule has 0 bridgehead atoms. The fourth-order valence-corrected chi connectivity index (χ4v) is 4.01. The van der Waals surface area contributed by atoms with Crippen molar-refractivity contribution in [2.75, 3.05) is 33.3 Å². The summed E-state index contributed by atoms with van der Waals surface area (Å²) in [5, 5.41) is 22.0. The van der Waals surface area contributed by atoms with Crippen molar-refractivity contribution in [3.63, 3.8) is 0 Å². The molecule has 1 fully saturated rings. The van der Waals surface area contributed by atoms with Crippen molar-refractivity contribution >= 4 is 23.1 Å². The first-order valence-corrected chi connectivity index (χ1v) is 10.7. The van der Waals surface area contributed by atoms with Gasteiger partial charge in [0.1, 0.15) is 11.5 Å². The van der Waals surface area contributed by atoms with Gasteiger partial charge in [-0.05, 0) is 31.3 Å². The van der Waals surface area contributed by atoms with Crippen LogP contribution in [-0.2, 0) is 9.59 Å². The molecule has 2 aromatic rings. The van der Waals surface area contributed by atoms with Gasteiger partial charge < -0.3 is 19.6 Å². The van der Waals surface area contributed by atoms with E-state index in [1.54, 1.807) is 24.3 Å². The summed E-state index contributed by atoms with van der Waals surface area (Å²) in [6.45, 7) is 6.47. The van der Waals surface area contributed by atoms with E-state index in [0.29, 0.717) is 17.9 Å². The van der Waals surface area contributed by atoms with Crippen LogP contribution in [-0.4, -0.2) is 64.8 Å². The highest BCUT2D eigenvalue weighted by Crippen LogP contribution is 2.42. The fourth-order valence-electron chi connectivity index (χ4n) is 4.01. The number of aliphatic hydroxyl groups excluding tert-OH is 1. The lowest BCUT2D eigenvalue weighted by Crippen LogP contribution is -2.38. The van der Waals surface area contributed by atoms with Crippen molar-refractivity contribution in [3.8, 4) is 5.75 Å². The Morgan fingerprint density at radius 3 is 2.33 bits per heavy atom. The summed E-state index contributed by atoms with van der Waals surface area (Å²) < 4.78 is 5.48. The molecule has 1 saturated heterocycles. The quantitative estimate of drug-likeness (QED) is 0.204. The number of methoxy groups -OCH3 is 1.